The summed E-state index contributed by atoms with van der Waals surface area (Å²) >= 11 is 0. The fourth-order valence-electron chi connectivity index (χ4n) is 1.58. The molecule has 1 aliphatic rings. The number of rotatable bonds is 3. The SMILES string of the molecule is CCC(CC)C1(C)COO1. The van der Waals surface area contributed by atoms with Gasteiger partial charge in [0.05, 0.1) is 0 Å². The second-order valence-electron chi connectivity index (χ2n) is 3.17. The van der Waals surface area contributed by atoms with Crippen LogP contribution in [0.2, 0.25) is 0 Å². The van der Waals surface area contributed by atoms with Gasteiger partial charge in [0.25, 0.3) is 0 Å². The predicted molar refractivity (Wildman–Crippen MR) is 39.5 cm³/mol. The summed E-state index contributed by atoms with van der Waals surface area (Å²) in [5, 5.41) is 0. The van der Waals surface area contributed by atoms with Gasteiger partial charge in [-0.25, -0.2) is 9.78 Å². The summed E-state index contributed by atoms with van der Waals surface area (Å²) in [6.07, 6.45) is 2.35. The van der Waals surface area contributed by atoms with Crippen LogP contribution in [0.4, 0.5) is 0 Å². The van der Waals surface area contributed by atoms with E-state index in [0.717, 1.165) is 6.61 Å². The monoisotopic (exact) mass is 144 g/mol. The molecule has 1 aliphatic heterocycles. The van der Waals surface area contributed by atoms with E-state index in [4.69, 9.17) is 9.78 Å². The average Bonchev–Trinajstić information content (AvgIpc) is 1.87. The molecular weight excluding hydrogens is 128 g/mol. The molecule has 1 heterocycles. The van der Waals surface area contributed by atoms with Crippen molar-refractivity contribution in [1.29, 1.82) is 0 Å². The summed E-state index contributed by atoms with van der Waals surface area (Å²) in [5.74, 6) is 0.654. The van der Waals surface area contributed by atoms with Crippen molar-refractivity contribution in [3.63, 3.8) is 0 Å². The Balaban J connectivity index is 2.43. The molecule has 0 bridgehead atoms. The zero-order chi connectivity index (χ0) is 7.61. The molecule has 2 heteroatoms. The van der Waals surface area contributed by atoms with E-state index in [0.29, 0.717) is 5.92 Å². The Morgan fingerprint density at radius 3 is 2.00 bits per heavy atom. The molecule has 10 heavy (non-hydrogen) atoms. The van der Waals surface area contributed by atoms with E-state index in [-0.39, 0.29) is 5.60 Å². The fourth-order valence-corrected chi connectivity index (χ4v) is 1.58. The Hall–Kier alpha value is -0.0800. The molecule has 1 fully saturated rings. The molecule has 0 amide bonds. The van der Waals surface area contributed by atoms with Crippen molar-refractivity contribution >= 4 is 0 Å². The van der Waals surface area contributed by atoms with Crippen LogP contribution in [0.5, 0.6) is 0 Å². The van der Waals surface area contributed by atoms with Gasteiger partial charge in [-0.15, -0.1) is 0 Å². The zero-order valence-electron chi connectivity index (χ0n) is 7.02. The minimum Gasteiger partial charge on any atom is -0.233 e. The second kappa shape index (κ2) is 2.89. The van der Waals surface area contributed by atoms with Gasteiger partial charge >= 0.3 is 0 Å². The minimum atomic E-state index is 0.0174. The first-order chi connectivity index (χ1) is 4.73. The fraction of sp³-hybridized carbons (Fsp3) is 1.00. The van der Waals surface area contributed by atoms with Gasteiger partial charge in [-0.1, -0.05) is 26.7 Å². The Labute approximate surface area is 62.4 Å². The molecule has 1 saturated heterocycles. The van der Waals surface area contributed by atoms with Gasteiger partial charge < -0.3 is 0 Å². The number of hydrogen-bond acceptors (Lipinski definition) is 2. The van der Waals surface area contributed by atoms with Gasteiger partial charge in [0.1, 0.15) is 12.2 Å². The molecule has 60 valence electrons. The topological polar surface area (TPSA) is 18.5 Å². The van der Waals surface area contributed by atoms with Crippen molar-refractivity contribution in [1.82, 2.24) is 0 Å². The first kappa shape index (κ1) is 8.02. The molecule has 0 spiro atoms. The van der Waals surface area contributed by atoms with E-state index in [1.807, 2.05) is 0 Å². The first-order valence-corrected chi connectivity index (χ1v) is 4.03. The van der Waals surface area contributed by atoms with Crippen LogP contribution in [-0.4, -0.2) is 12.2 Å². The lowest BCUT2D eigenvalue weighted by Gasteiger charge is -2.41. The predicted octanol–water partition coefficient (Wildman–Crippen LogP) is 2.14. The van der Waals surface area contributed by atoms with Crippen LogP contribution in [0.25, 0.3) is 0 Å². The lowest BCUT2D eigenvalue weighted by atomic mass is 9.85. The molecule has 2 nitrogen and oxygen atoms in total. The molecule has 0 aromatic rings. The Kier molecular flexibility index (Phi) is 2.32. The van der Waals surface area contributed by atoms with E-state index >= 15 is 0 Å². The molecule has 0 aromatic heterocycles. The highest BCUT2D eigenvalue weighted by molar-refractivity contribution is 4.84. The van der Waals surface area contributed by atoms with Crippen LogP contribution >= 0.6 is 0 Å². The van der Waals surface area contributed by atoms with Gasteiger partial charge in [-0.05, 0) is 12.8 Å². The third kappa shape index (κ3) is 1.18. The third-order valence-electron chi connectivity index (χ3n) is 2.44. The second-order valence-corrected chi connectivity index (χ2v) is 3.17. The third-order valence-corrected chi connectivity index (χ3v) is 2.44. The maximum atomic E-state index is 5.06. The van der Waals surface area contributed by atoms with Crippen LogP contribution in [0.1, 0.15) is 33.6 Å². The van der Waals surface area contributed by atoms with Crippen molar-refractivity contribution in [2.75, 3.05) is 6.61 Å². The zero-order valence-corrected chi connectivity index (χ0v) is 7.02. The highest BCUT2D eigenvalue weighted by atomic mass is 17.2. The van der Waals surface area contributed by atoms with Gasteiger partial charge in [-0.3, -0.25) is 0 Å². The Bertz CT molecular complexity index is 104. The normalized spacial score (nSPS) is 32.4. The molecule has 1 unspecified atom stereocenters. The molecule has 0 aromatic carbocycles. The summed E-state index contributed by atoms with van der Waals surface area (Å²) in [5.41, 5.74) is 0.0174. The van der Waals surface area contributed by atoms with E-state index in [2.05, 4.69) is 20.8 Å². The van der Waals surface area contributed by atoms with E-state index in [1.54, 1.807) is 0 Å². The van der Waals surface area contributed by atoms with Crippen molar-refractivity contribution in [2.45, 2.75) is 39.2 Å². The molecule has 0 N–H and O–H groups in total. The van der Waals surface area contributed by atoms with Crippen LogP contribution < -0.4 is 0 Å². The maximum absolute atomic E-state index is 5.06. The van der Waals surface area contributed by atoms with Gasteiger partial charge in [0.2, 0.25) is 0 Å². The standard InChI is InChI=1S/C8H16O2/c1-4-7(5-2)8(3)6-9-10-8/h7H,4-6H2,1-3H3. The van der Waals surface area contributed by atoms with Crippen molar-refractivity contribution in [3.05, 3.63) is 0 Å². The number of hydrogen-bond donors (Lipinski definition) is 0. The van der Waals surface area contributed by atoms with Gasteiger partial charge in [0.15, 0.2) is 0 Å². The van der Waals surface area contributed by atoms with E-state index < -0.39 is 0 Å². The summed E-state index contributed by atoms with van der Waals surface area (Å²) in [4.78, 5) is 9.78. The van der Waals surface area contributed by atoms with Gasteiger partial charge in [-0.2, -0.15) is 0 Å². The largest absolute Gasteiger partial charge is 0.233 e. The Morgan fingerprint density at radius 2 is 1.90 bits per heavy atom. The van der Waals surface area contributed by atoms with Crippen molar-refractivity contribution in [3.8, 4) is 0 Å². The summed E-state index contributed by atoms with van der Waals surface area (Å²) in [6.45, 7) is 7.27. The highest BCUT2D eigenvalue weighted by Gasteiger charge is 2.41. The minimum absolute atomic E-state index is 0.0174. The Morgan fingerprint density at radius 1 is 1.40 bits per heavy atom. The molecule has 1 atom stereocenters. The van der Waals surface area contributed by atoms with Crippen LogP contribution in [0.3, 0.4) is 0 Å². The van der Waals surface area contributed by atoms with E-state index in [1.165, 1.54) is 12.8 Å². The molecular formula is C8H16O2. The maximum Gasteiger partial charge on any atom is 0.130 e. The summed E-state index contributed by atoms with van der Waals surface area (Å²) in [6, 6.07) is 0. The molecule has 0 saturated carbocycles. The molecule has 0 radical (unpaired) electrons. The lowest BCUT2D eigenvalue weighted by Crippen LogP contribution is -2.50. The molecule has 1 rings (SSSR count). The van der Waals surface area contributed by atoms with Gasteiger partial charge in [0, 0.05) is 0 Å². The lowest BCUT2D eigenvalue weighted by molar-refractivity contribution is -0.478. The summed E-state index contributed by atoms with van der Waals surface area (Å²) in [7, 11) is 0. The smallest absolute Gasteiger partial charge is 0.130 e. The quantitative estimate of drug-likeness (QED) is 0.565. The van der Waals surface area contributed by atoms with Crippen molar-refractivity contribution < 1.29 is 9.78 Å². The highest BCUT2D eigenvalue weighted by Crippen LogP contribution is 2.34. The van der Waals surface area contributed by atoms with E-state index in [9.17, 15) is 0 Å². The molecule has 0 aliphatic carbocycles. The van der Waals surface area contributed by atoms with Crippen LogP contribution in [0.15, 0.2) is 0 Å². The summed E-state index contributed by atoms with van der Waals surface area (Å²) < 4.78 is 0. The van der Waals surface area contributed by atoms with Crippen LogP contribution in [-0.2, 0) is 9.78 Å². The first-order valence-electron chi connectivity index (χ1n) is 4.03. The average molecular weight is 144 g/mol. The van der Waals surface area contributed by atoms with Crippen LogP contribution in [0, 0.1) is 5.92 Å². The van der Waals surface area contributed by atoms with Crippen molar-refractivity contribution in [2.24, 2.45) is 5.92 Å².